The van der Waals surface area contributed by atoms with Crippen LogP contribution in [0.3, 0.4) is 0 Å². The van der Waals surface area contributed by atoms with Gasteiger partial charge in [0.25, 0.3) is 0 Å². The van der Waals surface area contributed by atoms with E-state index in [9.17, 15) is 0 Å². The van der Waals surface area contributed by atoms with Gasteiger partial charge >= 0.3 is 0 Å². The van der Waals surface area contributed by atoms with Crippen molar-refractivity contribution in [3.05, 3.63) is 35.9 Å². The molecule has 1 rings (SSSR count). The number of nitrogens with one attached hydrogen (secondary N) is 1. The zero-order valence-corrected chi connectivity index (χ0v) is 10.9. The molecule has 0 unspecified atom stereocenters. The molecule has 0 bridgehead atoms. The standard InChI is InChI=1S/C14H22N2/c1-11(2)15-16-13(14(3,4)5)12-9-7-6-8-10-12/h6-11,15H,1-5H3/b16-13+. The third-order valence-electron chi connectivity index (χ3n) is 2.19. The van der Waals surface area contributed by atoms with Crippen LogP contribution in [-0.2, 0) is 0 Å². The summed E-state index contributed by atoms with van der Waals surface area (Å²) < 4.78 is 0. The molecule has 2 nitrogen and oxygen atoms in total. The van der Waals surface area contributed by atoms with Crippen molar-refractivity contribution in [1.82, 2.24) is 5.43 Å². The van der Waals surface area contributed by atoms with E-state index in [2.05, 4.69) is 57.3 Å². The summed E-state index contributed by atoms with van der Waals surface area (Å²) in [6, 6.07) is 10.7. The normalized spacial score (nSPS) is 13.0. The highest BCUT2D eigenvalue weighted by atomic mass is 15.3. The van der Waals surface area contributed by atoms with E-state index in [1.807, 2.05) is 18.2 Å². The second-order valence-electron chi connectivity index (χ2n) is 5.36. The van der Waals surface area contributed by atoms with Gasteiger partial charge in [-0.15, -0.1) is 0 Å². The molecule has 0 saturated carbocycles. The smallest absolute Gasteiger partial charge is 0.0728 e. The van der Waals surface area contributed by atoms with Gasteiger partial charge in [0, 0.05) is 11.5 Å². The summed E-state index contributed by atoms with van der Waals surface area (Å²) in [5.74, 6) is 0. The van der Waals surface area contributed by atoms with Crippen molar-refractivity contribution in [2.45, 2.75) is 40.7 Å². The molecular weight excluding hydrogens is 196 g/mol. The molecule has 0 fully saturated rings. The number of hydrogen-bond donors (Lipinski definition) is 1. The van der Waals surface area contributed by atoms with Gasteiger partial charge in [-0.2, -0.15) is 5.10 Å². The molecule has 0 aromatic heterocycles. The third-order valence-corrected chi connectivity index (χ3v) is 2.19. The lowest BCUT2D eigenvalue weighted by atomic mass is 9.86. The van der Waals surface area contributed by atoms with Crippen molar-refractivity contribution < 1.29 is 0 Å². The number of rotatable bonds is 3. The Kier molecular flexibility index (Phi) is 4.11. The number of hydrazone groups is 1. The van der Waals surface area contributed by atoms with Gasteiger partial charge in [-0.05, 0) is 19.4 Å². The molecule has 0 aliphatic carbocycles. The molecule has 0 saturated heterocycles. The molecule has 16 heavy (non-hydrogen) atoms. The van der Waals surface area contributed by atoms with E-state index in [1.165, 1.54) is 5.56 Å². The molecule has 2 heteroatoms. The van der Waals surface area contributed by atoms with Gasteiger partial charge in [-0.25, -0.2) is 0 Å². The van der Waals surface area contributed by atoms with Crippen molar-refractivity contribution in [3.63, 3.8) is 0 Å². The molecule has 0 radical (unpaired) electrons. The minimum absolute atomic E-state index is 0.0449. The minimum atomic E-state index is 0.0449. The zero-order chi connectivity index (χ0) is 12.2. The van der Waals surface area contributed by atoms with Crippen LogP contribution in [0.4, 0.5) is 0 Å². The summed E-state index contributed by atoms with van der Waals surface area (Å²) in [4.78, 5) is 0. The highest BCUT2D eigenvalue weighted by molar-refractivity contribution is 6.03. The first-order valence-corrected chi connectivity index (χ1v) is 5.80. The summed E-state index contributed by atoms with van der Waals surface area (Å²) in [6.07, 6.45) is 0. The molecule has 1 aromatic rings. The van der Waals surface area contributed by atoms with Crippen LogP contribution < -0.4 is 5.43 Å². The summed E-state index contributed by atoms with van der Waals surface area (Å²) in [7, 11) is 0. The Labute approximate surface area is 98.8 Å². The number of benzene rings is 1. The molecule has 0 heterocycles. The van der Waals surface area contributed by atoms with Crippen LogP contribution in [0.5, 0.6) is 0 Å². The molecule has 0 aliphatic rings. The summed E-state index contributed by atoms with van der Waals surface area (Å²) >= 11 is 0. The Bertz CT molecular complexity index is 345. The lowest BCUT2D eigenvalue weighted by molar-refractivity contribution is 0.562. The molecule has 0 spiro atoms. The molecule has 0 atom stereocenters. The van der Waals surface area contributed by atoms with Crippen LogP contribution in [0.2, 0.25) is 0 Å². The fourth-order valence-electron chi connectivity index (χ4n) is 1.45. The van der Waals surface area contributed by atoms with Crippen molar-refractivity contribution in [1.29, 1.82) is 0 Å². The summed E-state index contributed by atoms with van der Waals surface area (Å²) in [5.41, 5.74) is 5.47. The Morgan fingerprint density at radius 3 is 2.12 bits per heavy atom. The first-order valence-electron chi connectivity index (χ1n) is 5.80. The van der Waals surface area contributed by atoms with Gasteiger partial charge in [0.05, 0.1) is 5.71 Å². The van der Waals surface area contributed by atoms with Crippen LogP contribution in [0.25, 0.3) is 0 Å². The van der Waals surface area contributed by atoms with E-state index in [0.29, 0.717) is 6.04 Å². The molecule has 1 aromatic carbocycles. The molecule has 1 N–H and O–H groups in total. The van der Waals surface area contributed by atoms with E-state index in [4.69, 9.17) is 0 Å². The largest absolute Gasteiger partial charge is 0.307 e. The second-order valence-corrected chi connectivity index (χ2v) is 5.36. The minimum Gasteiger partial charge on any atom is -0.307 e. The fraction of sp³-hybridized carbons (Fsp3) is 0.500. The number of hydrogen-bond acceptors (Lipinski definition) is 2. The van der Waals surface area contributed by atoms with Gasteiger partial charge in [0.15, 0.2) is 0 Å². The maximum atomic E-state index is 4.53. The van der Waals surface area contributed by atoms with E-state index in [0.717, 1.165) is 5.71 Å². The van der Waals surface area contributed by atoms with Crippen LogP contribution in [-0.4, -0.2) is 11.8 Å². The molecular formula is C14H22N2. The Balaban J connectivity index is 3.03. The predicted molar refractivity (Wildman–Crippen MR) is 70.7 cm³/mol. The lowest BCUT2D eigenvalue weighted by Gasteiger charge is -2.22. The fourth-order valence-corrected chi connectivity index (χ4v) is 1.45. The molecule has 0 amide bonds. The second kappa shape index (κ2) is 5.15. The highest BCUT2D eigenvalue weighted by Gasteiger charge is 2.20. The van der Waals surface area contributed by atoms with Crippen LogP contribution in [0, 0.1) is 5.41 Å². The third kappa shape index (κ3) is 3.69. The summed E-state index contributed by atoms with van der Waals surface area (Å²) in [5, 5.41) is 4.53. The Morgan fingerprint density at radius 1 is 1.12 bits per heavy atom. The van der Waals surface area contributed by atoms with Crippen molar-refractivity contribution in [2.24, 2.45) is 10.5 Å². The van der Waals surface area contributed by atoms with Gasteiger partial charge in [0.1, 0.15) is 0 Å². The summed E-state index contributed by atoms with van der Waals surface area (Å²) in [6.45, 7) is 10.7. The monoisotopic (exact) mass is 218 g/mol. The van der Waals surface area contributed by atoms with E-state index in [-0.39, 0.29) is 5.41 Å². The van der Waals surface area contributed by atoms with Crippen molar-refractivity contribution in [2.75, 3.05) is 0 Å². The topological polar surface area (TPSA) is 24.4 Å². The lowest BCUT2D eigenvalue weighted by Crippen LogP contribution is -2.27. The van der Waals surface area contributed by atoms with E-state index in [1.54, 1.807) is 0 Å². The van der Waals surface area contributed by atoms with Gasteiger partial charge in [-0.3, -0.25) is 0 Å². The van der Waals surface area contributed by atoms with Crippen LogP contribution in [0.15, 0.2) is 35.4 Å². The van der Waals surface area contributed by atoms with E-state index >= 15 is 0 Å². The molecule has 0 aliphatic heterocycles. The van der Waals surface area contributed by atoms with E-state index < -0.39 is 0 Å². The van der Waals surface area contributed by atoms with Crippen LogP contribution in [0.1, 0.15) is 40.2 Å². The zero-order valence-electron chi connectivity index (χ0n) is 10.9. The average Bonchev–Trinajstić information content (AvgIpc) is 2.17. The van der Waals surface area contributed by atoms with Crippen LogP contribution >= 0.6 is 0 Å². The highest BCUT2D eigenvalue weighted by Crippen LogP contribution is 2.21. The Hall–Kier alpha value is -1.31. The van der Waals surface area contributed by atoms with Crippen molar-refractivity contribution in [3.8, 4) is 0 Å². The molecule has 88 valence electrons. The maximum Gasteiger partial charge on any atom is 0.0728 e. The maximum absolute atomic E-state index is 4.53. The van der Waals surface area contributed by atoms with Gasteiger partial charge < -0.3 is 5.43 Å². The quantitative estimate of drug-likeness (QED) is 0.610. The Morgan fingerprint density at radius 2 is 1.69 bits per heavy atom. The number of nitrogens with zero attached hydrogens (tertiary/aromatic N) is 1. The van der Waals surface area contributed by atoms with Gasteiger partial charge in [0.2, 0.25) is 0 Å². The van der Waals surface area contributed by atoms with Crippen molar-refractivity contribution >= 4 is 5.71 Å². The predicted octanol–water partition coefficient (Wildman–Crippen LogP) is 3.43. The first-order chi connectivity index (χ1) is 7.41. The SMILES string of the molecule is CC(C)N/N=C(\c1ccccc1)C(C)(C)C. The average molecular weight is 218 g/mol. The first kappa shape index (κ1) is 12.8. The van der Waals surface area contributed by atoms with Gasteiger partial charge in [-0.1, -0.05) is 51.1 Å².